The van der Waals surface area contributed by atoms with Gasteiger partial charge in [-0.3, -0.25) is 4.79 Å². The minimum atomic E-state index is -4.90. The molecule has 2 aromatic carbocycles. The van der Waals surface area contributed by atoms with Crippen molar-refractivity contribution in [3.05, 3.63) is 64.7 Å². The SMILES string of the molecule is O=C1c2cc(S(=O)(=O)Cl)c(C(F)(F)F)cc2CN1Cc1ccccc1. The molecule has 0 spiro atoms. The highest BCUT2D eigenvalue weighted by Gasteiger charge is 2.40. The Morgan fingerprint density at radius 1 is 1.12 bits per heavy atom. The van der Waals surface area contributed by atoms with Crippen molar-refractivity contribution in [3.8, 4) is 0 Å². The Balaban J connectivity index is 2.03. The van der Waals surface area contributed by atoms with Crippen molar-refractivity contribution in [2.75, 3.05) is 0 Å². The Hall–Kier alpha value is -2.06. The Morgan fingerprint density at radius 2 is 1.76 bits per heavy atom. The Labute approximate surface area is 146 Å². The van der Waals surface area contributed by atoms with Crippen molar-refractivity contribution in [1.82, 2.24) is 4.90 Å². The Morgan fingerprint density at radius 3 is 2.32 bits per heavy atom. The van der Waals surface area contributed by atoms with Gasteiger partial charge in [0.15, 0.2) is 0 Å². The van der Waals surface area contributed by atoms with Gasteiger partial charge in [-0.1, -0.05) is 30.3 Å². The summed E-state index contributed by atoms with van der Waals surface area (Å²) in [6.07, 6.45) is -4.90. The summed E-state index contributed by atoms with van der Waals surface area (Å²) in [5, 5.41) is 0. The van der Waals surface area contributed by atoms with E-state index in [4.69, 9.17) is 10.7 Å². The third-order valence-corrected chi connectivity index (χ3v) is 5.23. The van der Waals surface area contributed by atoms with E-state index in [-0.39, 0.29) is 24.2 Å². The first-order valence-corrected chi connectivity index (χ1v) is 9.40. The van der Waals surface area contributed by atoms with Crippen LogP contribution in [0.5, 0.6) is 0 Å². The predicted molar refractivity (Wildman–Crippen MR) is 84.5 cm³/mol. The van der Waals surface area contributed by atoms with Crippen LogP contribution in [-0.2, 0) is 28.3 Å². The summed E-state index contributed by atoms with van der Waals surface area (Å²) >= 11 is 0. The standard InChI is InChI=1S/C16H11ClF3NO3S/c17-25(23,24)14-7-12-11(6-13(14)16(18,19)20)9-21(15(12)22)8-10-4-2-1-3-5-10/h1-7H,8-9H2. The second-order valence-electron chi connectivity index (χ2n) is 5.59. The fraction of sp³-hybridized carbons (Fsp3) is 0.188. The maximum absolute atomic E-state index is 13.2. The van der Waals surface area contributed by atoms with Crippen LogP contribution in [0.15, 0.2) is 47.4 Å². The van der Waals surface area contributed by atoms with E-state index in [1.165, 1.54) is 4.90 Å². The smallest absolute Gasteiger partial charge is 0.330 e. The third kappa shape index (κ3) is 3.50. The molecule has 0 aliphatic carbocycles. The minimum absolute atomic E-state index is 0.0330. The predicted octanol–water partition coefficient (Wildman–Crippen LogP) is 3.79. The molecule has 2 aromatic rings. The van der Waals surface area contributed by atoms with Crippen LogP contribution in [0.4, 0.5) is 13.2 Å². The summed E-state index contributed by atoms with van der Waals surface area (Å²) in [7, 11) is 0.476. The molecule has 0 unspecified atom stereocenters. The fourth-order valence-corrected chi connectivity index (χ4v) is 3.84. The monoisotopic (exact) mass is 389 g/mol. The molecule has 1 heterocycles. The van der Waals surface area contributed by atoms with E-state index in [0.29, 0.717) is 12.1 Å². The second kappa shape index (κ2) is 6.03. The lowest BCUT2D eigenvalue weighted by molar-refractivity contribution is -0.139. The quantitative estimate of drug-likeness (QED) is 0.750. The number of halogens is 4. The largest absolute Gasteiger partial charge is 0.417 e. The zero-order valence-corrected chi connectivity index (χ0v) is 14.1. The lowest BCUT2D eigenvalue weighted by atomic mass is 10.1. The van der Waals surface area contributed by atoms with E-state index >= 15 is 0 Å². The molecular formula is C16H11ClF3NO3S. The molecular weight excluding hydrogens is 379 g/mol. The molecule has 0 bridgehead atoms. The van der Waals surface area contributed by atoms with Gasteiger partial charge in [0.05, 0.1) is 10.5 Å². The molecule has 0 radical (unpaired) electrons. The first kappa shape index (κ1) is 17.8. The van der Waals surface area contributed by atoms with Gasteiger partial charge in [0.1, 0.15) is 0 Å². The van der Waals surface area contributed by atoms with Gasteiger partial charge in [-0.25, -0.2) is 8.42 Å². The first-order chi connectivity index (χ1) is 11.6. The lowest BCUT2D eigenvalue weighted by Gasteiger charge is -2.15. The van der Waals surface area contributed by atoms with Gasteiger partial charge < -0.3 is 4.90 Å². The molecule has 1 aliphatic rings. The zero-order valence-electron chi connectivity index (χ0n) is 12.5. The normalized spacial score (nSPS) is 14.7. The topological polar surface area (TPSA) is 54.5 Å². The lowest BCUT2D eigenvalue weighted by Crippen LogP contribution is -2.23. The third-order valence-electron chi connectivity index (χ3n) is 3.87. The van der Waals surface area contributed by atoms with E-state index in [1.807, 2.05) is 0 Å². The van der Waals surface area contributed by atoms with E-state index in [9.17, 15) is 26.4 Å². The van der Waals surface area contributed by atoms with Gasteiger partial charge in [0, 0.05) is 29.3 Å². The number of rotatable bonds is 3. The van der Waals surface area contributed by atoms with Gasteiger partial charge in [-0.15, -0.1) is 0 Å². The van der Waals surface area contributed by atoms with E-state index < -0.39 is 31.6 Å². The number of hydrogen-bond donors (Lipinski definition) is 0. The van der Waals surface area contributed by atoms with Gasteiger partial charge in [0.2, 0.25) is 0 Å². The molecule has 0 fully saturated rings. The number of alkyl halides is 3. The van der Waals surface area contributed by atoms with Crippen LogP contribution in [-0.4, -0.2) is 19.2 Å². The van der Waals surface area contributed by atoms with Gasteiger partial charge >= 0.3 is 6.18 Å². The summed E-state index contributed by atoms with van der Waals surface area (Å²) in [5.74, 6) is -0.533. The molecule has 0 atom stereocenters. The van der Waals surface area contributed by atoms with Crippen molar-refractivity contribution in [2.45, 2.75) is 24.2 Å². The molecule has 0 saturated heterocycles. The first-order valence-electron chi connectivity index (χ1n) is 7.09. The number of hydrogen-bond acceptors (Lipinski definition) is 3. The number of benzene rings is 2. The maximum atomic E-state index is 13.2. The molecule has 0 saturated carbocycles. The summed E-state index contributed by atoms with van der Waals surface area (Å²) in [4.78, 5) is 12.7. The fourth-order valence-electron chi connectivity index (χ4n) is 2.76. The minimum Gasteiger partial charge on any atom is -0.330 e. The van der Waals surface area contributed by atoms with Gasteiger partial charge in [-0.05, 0) is 23.3 Å². The highest BCUT2D eigenvalue weighted by atomic mass is 35.7. The van der Waals surface area contributed by atoms with Crippen LogP contribution in [0.3, 0.4) is 0 Å². The Kier molecular flexibility index (Phi) is 4.28. The molecule has 4 nitrogen and oxygen atoms in total. The van der Waals surface area contributed by atoms with Crippen molar-refractivity contribution >= 4 is 25.6 Å². The number of carbonyl (C=O) groups excluding carboxylic acids is 1. The number of amides is 1. The van der Waals surface area contributed by atoms with Crippen LogP contribution >= 0.6 is 10.7 Å². The molecule has 132 valence electrons. The molecule has 3 rings (SSSR count). The molecule has 1 aliphatic heterocycles. The van der Waals surface area contributed by atoms with Crippen LogP contribution in [0.2, 0.25) is 0 Å². The maximum Gasteiger partial charge on any atom is 0.417 e. The second-order valence-corrected chi connectivity index (χ2v) is 8.12. The van der Waals surface area contributed by atoms with Crippen molar-refractivity contribution in [1.29, 1.82) is 0 Å². The van der Waals surface area contributed by atoms with Crippen LogP contribution < -0.4 is 0 Å². The number of fused-ring (bicyclic) bond motifs is 1. The number of carbonyl (C=O) groups is 1. The molecule has 9 heteroatoms. The van der Waals surface area contributed by atoms with Crippen LogP contribution in [0.25, 0.3) is 0 Å². The summed E-state index contributed by atoms with van der Waals surface area (Å²) in [6.45, 7) is 0.174. The molecule has 0 N–H and O–H groups in total. The molecule has 1 amide bonds. The zero-order chi connectivity index (χ0) is 18.4. The summed E-state index contributed by atoms with van der Waals surface area (Å²) in [5.41, 5.74) is -0.513. The van der Waals surface area contributed by atoms with E-state index in [0.717, 1.165) is 5.56 Å². The van der Waals surface area contributed by atoms with Crippen LogP contribution in [0, 0.1) is 0 Å². The molecule has 25 heavy (non-hydrogen) atoms. The van der Waals surface area contributed by atoms with Gasteiger partial charge in [-0.2, -0.15) is 13.2 Å². The average molecular weight is 390 g/mol. The summed E-state index contributed by atoms with van der Waals surface area (Å²) < 4.78 is 62.5. The molecule has 0 aromatic heterocycles. The highest BCUT2D eigenvalue weighted by Crippen LogP contribution is 2.39. The van der Waals surface area contributed by atoms with Crippen LogP contribution in [0.1, 0.15) is 27.0 Å². The Bertz CT molecular complexity index is 943. The van der Waals surface area contributed by atoms with E-state index in [1.54, 1.807) is 30.3 Å². The highest BCUT2D eigenvalue weighted by molar-refractivity contribution is 8.13. The van der Waals surface area contributed by atoms with Crippen molar-refractivity contribution in [3.63, 3.8) is 0 Å². The summed E-state index contributed by atoms with van der Waals surface area (Å²) in [6, 6.07) is 10.3. The van der Waals surface area contributed by atoms with E-state index in [2.05, 4.69) is 0 Å². The van der Waals surface area contributed by atoms with Crippen molar-refractivity contribution < 1.29 is 26.4 Å². The number of nitrogens with zero attached hydrogens (tertiary/aromatic N) is 1. The van der Waals surface area contributed by atoms with Crippen molar-refractivity contribution in [2.24, 2.45) is 0 Å². The van der Waals surface area contributed by atoms with Gasteiger partial charge in [0.25, 0.3) is 15.0 Å². The average Bonchev–Trinajstić information content (AvgIpc) is 2.81.